The summed E-state index contributed by atoms with van der Waals surface area (Å²) in [6.07, 6.45) is 0.777. The molecule has 0 fully saturated rings. The quantitative estimate of drug-likeness (QED) is 0.715. The highest BCUT2D eigenvalue weighted by Crippen LogP contribution is 2.48. The van der Waals surface area contributed by atoms with Gasteiger partial charge in [0, 0.05) is 5.92 Å². The van der Waals surface area contributed by atoms with E-state index in [4.69, 9.17) is 10.8 Å². The van der Waals surface area contributed by atoms with Crippen LogP contribution in [0.4, 0.5) is 0 Å². The molecule has 0 spiro atoms. The molecule has 1 rings (SSSR count). The molecule has 4 heteroatoms. The monoisotopic (exact) mass is 201 g/mol. The van der Waals surface area contributed by atoms with Gasteiger partial charge in [0.1, 0.15) is 0 Å². The smallest absolute Gasteiger partial charge is 0.335 e. The Morgan fingerprint density at radius 1 is 1.69 bits per heavy atom. The number of aliphatic carboxylic acids is 1. The van der Waals surface area contributed by atoms with E-state index < -0.39 is 10.8 Å². The molecule has 0 aromatic heterocycles. The minimum atomic E-state index is -1.14. The van der Waals surface area contributed by atoms with Crippen LogP contribution in [-0.2, 0) is 4.79 Å². The molecule has 1 aliphatic rings. The molecule has 0 saturated carbocycles. The SMILES string of the molecule is CCC1C(C)=C(C)SC1(N)C(=O)O. The van der Waals surface area contributed by atoms with Gasteiger partial charge >= 0.3 is 5.97 Å². The third kappa shape index (κ3) is 1.48. The van der Waals surface area contributed by atoms with Gasteiger partial charge in [-0.2, -0.15) is 0 Å². The van der Waals surface area contributed by atoms with Crippen LogP contribution in [0.25, 0.3) is 0 Å². The first kappa shape index (κ1) is 10.6. The fourth-order valence-electron chi connectivity index (χ4n) is 1.77. The number of carboxylic acid groups (broad SMARTS) is 1. The van der Waals surface area contributed by atoms with Gasteiger partial charge in [0.15, 0.2) is 4.87 Å². The maximum Gasteiger partial charge on any atom is 0.335 e. The lowest BCUT2D eigenvalue weighted by atomic mass is 9.90. The van der Waals surface area contributed by atoms with Gasteiger partial charge in [0.25, 0.3) is 0 Å². The van der Waals surface area contributed by atoms with Crippen molar-refractivity contribution in [2.24, 2.45) is 11.7 Å². The highest BCUT2D eigenvalue weighted by atomic mass is 32.2. The summed E-state index contributed by atoms with van der Waals surface area (Å²) in [6.45, 7) is 5.87. The van der Waals surface area contributed by atoms with Crippen molar-refractivity contribution in [3.8, 4) is 0 Å². The Balaban J connectivity index is 3.03. The highest BCUT2D eigenvalue weighted by molar-refractivity contribution is 8.05. The second-order valence-corrected chi connectivity index (χ2v) is 4.89. The Labute approximate surface area is 82.4 Å². The molecule has 13 heavy (non-hydrogen) atoms. The van der Waals surface area contributed by atoms with Gasteiger partial charge in [0.2, 0.25) is 0 Å². The molecule has 3 N–H and O–H groups in total. The third-order valence-electron chi connectivity index (χ3n) is 2.66. The molecule has 0 saturated heterocycles. The molecule has 74 valence electrons. The zero-order valence-corrected chi connectivity index (χ0v) is 8.94. The number of nitrogens with two attached hydrogens (primary N) is 1. The van der Waals surface area contributed by atoms with Crippen LogP contribution in [0.2, 0.25) is 0 Å². The van der Waals surface area contributed by atoms with Gasteiger partial charge in [0.05, 0.1) is 0 Å². The Kier molecular flexibility index (Phi) is 2.73. The Bertz CT molecular complexity index is 275. The molecule has 2 unspecified atom stereocenters. The summed E-state index contributed by atoms with van der Waals surface area (Å²) < 4.78 is 0. The number of rotatable bonds is 2. The first-order valence-corrected chi connectivity index (χ1v) is 5.13. The average molecular weight is 201 g/mol. The molecule has 1 heterocycles. The number of carboxylic acids is 1. The average Bonchev–Trinajstić information content (AvgIpc) is 2.25. The Morgan fingerprint density at radius 2 is 2.23 bits per heavy atom. The normalized spacial score (nSPS) is 34.0. The fourth-order valence-corrected chi connectivity index (χ4v) is 3.16. The number of allylic oxidation sites excluding steroid dienone is 1. The van der Waals surface area contributed by atoms with Gasteiger partial charge < -0.3 is 10.8 Å². The van der Waals surface area contributed by atoms with E-state index in [9.17, 15) is 4.79 Å². The van der Waals surface area contributed by atoms with Crippen LogP contribution in [0, 0.1) is 5.92 Å². The molecule has 0 bridgehead atoms. The number of hydrogen-bond donors (Lipinski definition) is 2. The summed E-state index contributed by atoms with van der Waals surface area (Å²) in [7, 11) is 0. The van der Waals surface area contributed by atoms with E-state index in [0.29, 0.717) is 0 Å². The Morgan fingerprint density at radius 3 is 2.54 bits per heavy atom. The van der Waals surface area contributed by atoms with Crippen molar-refractivity contribution in [2.45, 2.75) is 32.1 Å². The predicted octanol–water partition coefficient (Wildman–Crippen LogP) is 1.79. The first-order valence-electron chi connectivity index (χ1n) is 4.32. The minimum absolute atomic E-state index is 0.0324. The van der Waals surface area contributed by atoms with Crippen molar-refractivity contribution in [1.29, 1.82) is 0 Å². The predicted molar refractivity (Wildman–Crippen MR) is 54.3 cm³/mol. The molecular weight excluding hydrogens is 186 g/mol. The summed E-state index contributed by atoms with van der Waals surface area (Å²) in [5.41, 5.74) is 6.98. The van der Waals surface area contributed by atoms with Crippen LogP contribution in [-0.4, -0.2) is 15.9 Å². The zero-order valence-electron chi connectivity index (χ0n) is 8.13. The van der Waals surface area contributed by atoms with Crippen LogP contribution < -0.4 is 5.73 Å². The van der Waals surface area contributed by atoms with Crippen molar-refractivity contribution < 1.29 is 9.90 Å². The summed E-state index contributed by atoms with van der Waals surface area (Å²) >= 11 is 1.27. The van der Waals surface area contributed by atoms with Gasteiger partial charge in [-0.1, -0.05) is 24.3 Å². The van der Waals surface area contributed by atoms with Crippen LogP contribution in [0.3, 0.4) is 0 Å². The summed E-state index contributed by atoms with van der Waals surface area (Å²) in [6, 6.07) is 0. The minimum Gasteiger partial charge on any atom is -0.479 e. The van der Waals surface area contributed by atoms with Crippen molar-refractivity contribution >= 4 is 17.7 Å². The largest absolute Gasteiger partial charge is 0.479 e. The topological polar surface area (TPSA) is 63.3 Å². The van der Waals surface area contributed by atoms with E-state index in [0.717, 1.165) is 16.9 Å². The van der Waals surface area contributed by atoms with Crippen molar-refractivity contribution in [3.63, 3.8) is 0 Å². The van der Waals surface area contributed by atoms with E-state index in [2.05, 4.69) is 0 Å². The number of hydrogen-bond acceptors (Lipinski definition) is 3. The third-order valence-corrected chi connectivity index (χ3v) is 4.09. The molecule has 1 aliphatic heterocycles. The molecule has 0 aliphatic carbocycles. The molecular formula is C9H15NO2S. The van der Waals surface area contributed by atoms with E-state index in [1.165, 1.54) is 11.8 Å². The lowest BCUT2D eigenvalue weighted by Crippen LogP contribution is -2.49. The van der Waals surface area contributed by atoms with E-state index in [-0.39, 0.29) is 5.92 Å². The zero-order chi connectivity index (χ0) is 10.2. The van der Waals surface area contributed by atoms with Crippen LogP contribution in [0.1, 0.15) is 27.2 Å². The van der Waals surface area contributed by atoms with Crippen LogP contribution in [0.15, 0.2) is 10.5 Å². The maximum atomic E-state index is 11.0. The fraction of sp³-hybridized carbons (Fsp3) is 0.667. The first-order chi connectivity index (χ1) is 5.93. The van der Waals surface area contributed by atoms with Gasteiger partial charge in [-0.3, -0.25) is 0 Å². The van der Waals surface area contributed by atoms with Gasteiger partial charge in [-0.25, -0.2) is 4.79 Å². The maximum absolute atomic E-state index is 11.0. The molecule has 3 nitrogen and oxygen atoms in total. The van der Waals surface area contributed by atoms with E-state index in [1.54, 1.807) is 0 Å². The van der Waals surface area contributed by atoms with Crippen LogP contribution in [0.5, 0.6) is 0 Å². The second-order valence-electron chi connectivity index (χ2n) is 3.40. The van der Waals surface area contributed by atoms with Gasteiger partial charge in [-0.05, 0) is 25.2 Å². The molecule has 2 atom stereocenters. The van der Waals surface area contributed by atoms with Crippen molar-refractivity contribution in [1.82, 2.24) is 0 Å². The summed E-state index contributed by atoms with van der Waals surface area (Å²) in [4.78, 5) is 10.9. The lowest BCUT2D eigenvalue weighted by molar-refractivity contribution is -0.140. The van der Waals surface area contributed by atoms with Gasteiger partial charge in [-0.15, -0.1) is 0 Å². The number of thioether (sulfide) groups is 1. The van der Waals surface area contributed by atoms with Crippen LogP contribution >= 0.6 is 11.8 Å². The number of carbonyl (C=O) groups is 1. The second kappa shape index (κ2) is 3.35. The van der Waals surface area contributed by atoms with E-state index in [1.807, 2.05) is 20.8 Å². The van der Waals surface area contributed by atoms with Crippen molar-refractivity contribution in [2.75, 3.05) is 0 Å². The molecule has 0 aromatic rings. The van der Waals surface area contributed by atoms with E-state index >= 15 is 0 Å². The summed E-state index contributed by atoms with van der Waals surface area (Å²) in [5, 5.41) is 9.04. The molecule has 0 aromatic carbocycles. The molecule has 0 amide bonds. The van der Waals surface area contributed by atoms with Crippen molar-refractivity contribution in [3.05, 3.63) is 10.5 Å². The highest BCUT2D eigenvalue weighted by Gasteiger charge is 2.48. The molecule has 0 radical (unpaired) electrons. The lowest BCUT2D eigenvalue weighted by Gasteiger charge is -2.26. The standard InChI is InChI=1S/C9H15NO2S/c1-4-7-5(2)6(3)13-9(7,10)8(11)12/h7H,4,10H2,1-3H3,(H,11,12). The summed E-state index contributed by atoms with van der Waals surface area (Å²) in [5.74, 6) is -0.949. The Hall–Kier alpha value is -0.480.